The molecule has 2 aliphatic heterocycles. The van der Waals surface area contributed by atoms with E-state index < -0.39 is 49.5 Å². The van der Waals surface area contributed by atoms with Gasteiger partial charge >= 0.3 is 0 Å². The molecule has 10 heteroatoms. The highest BCUT2D eigenvalue weighted by Gasteiger charge is 2.46. The lowest BCUT2D eigenvalue weighted by atomic mass is 9.99. The van der Waals surface area contributed by atoms with Crippen LogP contribution in [0.15, 0.2) is 18.2 Å². The SMILES string of the molecule is COc1ccc2c(c1)OC(O[C@@H]1O[C@H](CO)[C@@H](O)[C@H](O)[C@H]1O)C(=O)N2. The van der Waals surface area contributed by atoms with E-state index in [0.717, 1.165) is 0 Å². The van der Waals surface area contributed by atoms with Crippen LogP contribution in [0.5, 0.6) is 11.5 Å². The van der Waals surface area contributed by atoms with Gasteiger partial charge in [0.05, 0.1) is 19.4 Å². The molecule has 1 fully saturated rings. The van der Waals surface area contributed by atoms with E-state index in [4.69, 9.17) is 18.9 Å². The first-order chi connectivity index (χ1) is 11.9. The van der Waals surface area contributed by atoms with E-state index in [-0.39, 0.29) is 5.75 Å². The average molecular weight is 357 g/mol. The van der Waals surface area contributed by atoms with Crippen LogP contribution >= 0.6 is 0 Å². The standard InChI is InChI=1S/C15H19NO9/c1-22-6-2-3-7-8(4-6)23-15(13(21)16-7)25-14-12(20)11(19)10(18)9(5-17)24-14/h2-4,9-12,14-15,17-20H,5H2,1H3,(H,16,21)/t9-,10-,11+,12-,14+,15?/m1/s1. The number of ether oxygens (including phenoxy) is 4. The van der Waals surface area contributed by atoms with Crippen LogP contribution in [0.25, 0.3) is 0 Å². The van der Waals surface area contributed by atoms with E-state index in [9.17, 15) is 25.2 Å². The summed E-state index contributed by atoms with van der Waals surface area (Å²) in [5.74, 6) is 0.143. The number of anilines is 1. The third-order valence-electron chi connectivity index (χ3n) is 4.00. The van der Waals surface area contributed by atoms with Crippen LogP contribution in [0.3, 0.4) is 0 Å². The second-order valence-electron chi connectivity index (χ2n) is 5.63. The van der Waals surface area contributed by atoms with Crippen LogP contribution in [0.1, 0.15) is 0 Å². The van der Waals surface area contributed by atoms with Crippen LogP contribution in [0.4, 0.5) is 5.69 Å². The first kappa shape index (κ1) is 17.9. The van der Waals surface area contributed by atoms with Gasteiger partial charge < -0.3 is 44.7 Å². The van der Waals surface area contributed by atoms with Gasteiger partial charge in [-0.05, 0) is 12.1 Å². The monoisotopic (exact) mass is 357 g/mol. The fraction of sp³-hybridized carbons (Fsp3) is 0.533. The Morgan fingerprint density at radius 3 is 2.64 bits per heavy atom. The molecule has 0 spiro atoms. The molecular weight excluding hydrogens is 338 g/mol. The maximum atomic E-state index is 12.1. The molecule has 0 radical (unpaired) electrons. The molecule has 1 saturated heterocycles. The Bertz CT molecular complexity index is 637. The normalized spacial score (nSPS) is 34.7. The number of hydrogen-bond acceptors (Lipinski definition) is 9. The zero-order valence-corrected chi connectivity index (χ0v) is 13.2. The smallest absolute Gasteiger partial charge is 0.294 e. The Kier molecular flexibility index (Phi) is 5.08. The minimum absolute atomic E-state index is 0.286. The molecule has 1 aromatic rings. The van der Waals surface area contributed by atoms with Gasteiger partial charge in [0.1, 0.15) is 30.2 Å². The van der Waals surface area contributed by atoms with E-state index in [0.29, 0.717) is 11.4 Å². The lowest BCUT2D eigenvalue weighted by Crippen LogP contribution is -2.60. The number of carbonyl (C=O) groups excluding carboxylic acids is 1. The highest BCUT2D eigenvalue weighted by atomic mass is 16.8. The predicted octanol–water partition coefficient (Wildman–Crippen LogP) is -1.83. The third-order valence-corrected chi connectivity index (χ3v) is 4.00. The number of nitrogens with one attached hydrogen (secondary N) is 1. The van der Waals surface area contributed by atoms with Gasteiger partial charge in [0.15, 0.2) is 12.0 Å². The van der Waals surface area contributed by atoms with Crippen LogP contribution < -0.4 is 14.8 Å². The van der Waals surface area contributed by atoms with Gasteiger partial charge in [-0.3, -0.25) is 4.79 Å². The molecule has 0 bridgehead atoms. The summed E-state index contributed by atoms with van der Waals surface area (Å²) in [5.41, 5.74) is 0.416. The number of aliphatic hydroxyl groups excluding tert-OH is 4. The molecule has 0 aliphatic carbocycles. The molecule has 25 heavy (non-hydrogen) atoms. The molecule has 2 heterocycles. The molecule has 1 aromatic carbocycles. The summed E-state index contributed by atoms with van der Waals surface area (Å²) in [6.45, 7) is -0.609. The van der Waals surface area contributed by atoms with Crippen molar-refractivity contribution in [3.8, 4) is 11.5 Å². The summed E-state index contributed by atoms with van der Waals surface area (Å²) in [6, 6.07) is 4.77. The number of carbonyl (C=O) groups is 1. The van der Waals surface area contributed by atoms with Gasteiger partial charge in [0, 0.05) is 6.07 Å². The van der Waals surface area contributed by atoms with Crippen molar-refractivity contribution in [2.45, 2.75) is 37.0 Å². The fourth-order valence-electron chi connectivity index (χ4n) is 2.58. The number of hydrogen-bond donors (Lipinski definition) is 5. The van der Waals surface area contributed by atoms with Gasteiger partial charge in [-0.25, -0.2) is 0 Å². The molecular formula is C15H19NO9. The summed E-state index contributed by atoms with van der Waals surface area (Å²) in [5, 5.41) is 41.2. The zero-order valence-electron chi connectivity index (χ0n) is 13.2. The van der Waals surface area contributed by atoms with E-state index in [1.807, 2.05) is 0 Å². The topological polar surface area (TPSA) is 147 Å². The number of benzene rings is 1. The van der Waals surface area contributed by atoms with Crippen LogP contribution in [0.2, 0.25) is 0 Å². The summed E-state index contributed by atoms with van der Waals surface area (Å²) in [7, 11) is 1.48. The van der Waals surface area contributed by atoms with E-state index in [2.05, 4.69) is 5.32 Å². The van der Waals surface area contributed by atoms with Crippen molar-refractivity contribution in [2.75, 3.05) is 19.0 Å². The van der Waals surface area contributed by atoms with Crippen LogP contribution in [-0.4, -0.2) is 77.0 Å². The zero-order chi connectivity index (χ0) is 18.1. The second-order valence-corrected chi connectivity index (χ2v) is 5.63. The molecule has 6 atom stereocenters. The Hall–Kier alpha value is -1.95. The molecule has 3 rings (SSSR count). The van der Waals surface area contributed by atoms with Crippen molar-refractivity contribution in [1.82, 2.24) is 0 Å². The average Bonchev–Trinajstić information content (AvgIpc) is 2.62. The highest BCUT2D eigenvalue weighted by Crippen LogP contribution is 2.34. The Morgan fingerprint density at radius 2 is 1.96 bits per heavy atom. The molecule has 0 saturated carbocycles. The summed E-state index contributed by atoms with van der Waals surface area (Å²) < 4.78 is 21.0. The van der Waals surface area contributed by atoms with Crippen molar-refractivity contribution in [3.05, 3.63) is 18.2 Å². The Morgan fingerprint density at radius 1 is 1.20 bits per heavy atom. The fourth-order valence-corrected chi connectivity index (χ4v) is 2.58. The quantitative estimate of drug-likeness (QED) is 0.420. The van der Waals surface area contributed by atoms with Crippen molar-refractivity contribution in [3.63, 3.8) is 0 Å². The molecule has 0 aromatic heterocycles. The molecule has 2 aliphatic rings. The van der Waals surface area contributed by atoms with Gasteiger partial charge in [0.25, 0.3) is 12.2 Å². The predicted molar refractivity (Wildman–Crippen MR) is 80.9 cm³/mol. The molecule has 10 nitrogen and oxygen atoms in total. The second kappa shape index (κ2) is 7.12. The first-order valence-electron chi connectivity index (χ1n) is 7.56. The Balaban J connectivity index is 1.74. The largest absolute Gasteiger partial charge is 0.497 e. The minimum Gasteiger partial charge on any atom is -0.497 e. The summed E-state index contributed by atoms with van der Waals surface area (Å²) in [6.07, 6.45) is -8.89. The highest BCUT2D eigenvalue weighted by molar-refractivity contribution is 5.97. The first-order valence-corrected chi connectivity index (χ1v) is 7.56. The number of amides is 1. The third kappa shape index (κ3) is 3.40. The van der Waals surface area contributed by atoms with Crippen molar-refractivity contribution in [2.24, 2.45) is 0 Å². The van der Waals surface area contributed by atoms with E-state index >= 15 is 0 Å². The Labute approximate surface area is 142 Å². The van der Waals surface area contributed by atoms with E-state index in [1.54, 1.807) is 18.2 Å². The van der Waals surface area contributed by atoms with Crippen molar-refractivity contribution < 1.29 is 44.2 Å². The van der Waals surface area contributed by atoms with Gasteiger partial charge in [-0.15, -0.1) is 0 Å². The maximum absolute atomic E-state index is 12.1. The number of rotatable bonds is 4. The lowest BCUT2D eigenvalue weighted by molar-refractivity contribution is -0.322. The number of aliphatic hydroxyl groups is 4. The molecule has 1 amide bonds. The number of methoxy groups -OCH3 is 1. The van der Waals surface area contributed by atoms with Gasteiger partial charge in [-0.2, -0.15) is 0 Å². The lowest BCUT2D eigenvalue weighted by Gasteiger charge is -2.40. The summed E-state index contributed by atoms with van der Waals surface area (Å²) in [4.78, 5) is 12.1. The van der Waals surface area contributed by atoms with Gasteiger partial charge in [0.2, 0.25) is 0 Å². The maximum Gasteiger partial charge on any atom is 0.294 e. The summed E-state index contributed by atoms with van der Waals surface area (Å²) >= 11 is 0. The molecule has 5 N–H and O–H groups in total. The van der Waals surface area contributed by atoms with Crippen molar-refractivity contribution >= 4 is 11.6 Å². The van der Waals surface area contributed by atoms with Gasteiger partial charge in [-0.1, -0.05) is 0 Å². The van der Waals surface area contributed by atoms with E-state index in [1.165, 1.54) is 7.11 Å². The van der Waals surface area contributed by atoms with Crippen LogP contribution in [0, 0.1) is 0 Å². The molecule has 1 unspecified atom stereocenters. The minimum atomic E-state index is -1.64. The molecule has 138 valence electrons. The number of fused-ring (bicyclic) bond motifs is 1. The van der Waals surface area contributed by atoms with Crippen molar-refractivity contribution in [1.29, 1.82) is 0 Å². The van der Waals surface area contributed by atoms with Crippen LogP contribution in [-0.2, 0) is 14.3 Å².